The molecular formula is C17H19NO3. The minimum Gasteiger partial charge on any atom is -0.478 e. The second-order valence-electron chi connectivity index (χ2n) is 4.91. The molecule has 0 aromatic heterocycles. The van der Waals surface area contributed by atoms with Gasteiger partial charge in [0.1, 0.15) is 17.1 Å². The Balaban J connectivity index is 2.16. The summed E-state index contributed by atoms with van der Waals surface area (Å²) in [5.41, 5.74) is 7.31. The monoisotopic (exact) mass is 285 g/mol. The first kappa shape index (κ1) is 14.9. The largest absolute Gasteiger partial charge is 0.478 e. The topological polar surface area (TPSA) is 72.5 Å². The second-order valence-corrected chi connectivity index (χ2v) is 4.91. The molecule has 3 N–H and O–H groups in total. The number of carboxylic acids is 1. The number of aromatic carboxylic acids is 1. The van der Waals surface area contributed by atoms with Gasteiger partial charge in [0.05, 0.1) is 0 Å². The lowest BCUT2D eigenvalue weighted by Crippen LogP contribution is -2.01. The lowest BCUT2D eigenvalue weighted by atomic mass is 10.1. The number of anilines is 1. The number of nitrogens with two attached hydrogens (primary N) is 1. The first-order valence-electron chi connectivity index (χ1n) is 6.99. The number of carboxylic acid groups (broad SMARTS) is 1. The van der Waals surface area contributed by atoms with Gasteiger partial charge in [0.2, 0.25) is 0 Å². The van der Waals surface area contributed by atoms with Gasteiger partial charge in [-0.1, -0.05) is 25.5 Å². The third-order valence-corrected chi connectivity index (χ3v) is 3.20. The summed E-state index contributed by atoms with van der Waals surface area (Å²) in [5, 5.41) is 9.17. The van der Waals surface area contributed by atoms with Crippen molar-refractivity contribution in [3.8, 4) is 11.5 Å². The molecule has 0 saturated carbocycles. The molecule has 0 amide bonds. The van der Waals surface area contributed by atoms with Crippen LogP contribution in [0.2, 0.25) is 0 Å². The van der Waals surface area contributed by atoms with E-state index in [4.69, 9.17) is 10.5 Å². The number of rotatable bonds is 6. The predicted octanol–water partition coefficient (Wildman–Crippen LogP) is 4.10. The molecule has 0 radical (unpaired) electrons. The fourth-order valence-electron chi connectivity index (χ4n) is 2.04. The molecule has 4 heteroatoms. The fourth-order valence-corrected chi connectivity index (χ4v) is 2.04. The summed E-state index contributed by atoms with van der Waals surface area (Å²) in [7, 11) is 0. The molecule has 0 aliphatic carbocycles. The molecule has 0 bridgehead atoms. The number of unbranched alkanes of at least 4 members (excludes halogenated alkanes) is 1. The number of benzene rings is 2. The molecule has 0 heterocycles. The van der Waals surface area contributed by atoms with Gasteiger partial charge in [-0.25, -0.2) is 4.79 Å². The van der Waals surface area contributed by atoms with E-state index in [2.05, 4.69) is 6.92 Å². The van der Waals surface area contributed by atoms with Gasteiger partial charge in [0.15, 0.2) is 0 Å². The van der Waals surface area contributed by atoms with Crippen molar-refractivity contribution < 1.29 is 14.6 Å². The van der Waals surface area contributed by atoms with E-state index in [-0.39, 0.29) is 11.3 Å². The predicted molar refractivity (Wildman–Crippen MR) is 82.9 cm³/mol. The van der Waals surface area contributed by atoms with Gasteiger partial charge in [-0.2, -0.15) is 0 Å². The van der Waals surface area contributed by atoms with Gasteiger partial charge in [0.25, 0.3) is 0 Å². The minimum atomic E-state index is -1.06. The van der Waals surface area contributed by atoms with Crippen LogP contribution >= 0.6 is 0 Å². The number of ether oxygens (including phenoxy) is 1. The highest BCUT2D eigenvalue weighted by atomic mass is 16.5. The number of carbonyl (C=O) groups is 1. The molecule has 110 valence electrons. The van der Waals surface area contributed by atoms with Crippen LogP contribution in [0.25, 0.3) is 0 Å². The Morgan fingerprint density at radius 3 is 2.52 bits per heavy atom. The molecule has 21 heavy (non-hydrogen) atoms. The summed E-state index contributed by atoms with van der Waals surface area (Å²) in [4.78, 5) is 11.2. The molecular weight excluding hydrogens is 266 g/mol. The molecule has 0 spiro atoms. The van der Waals surface area contributed by atoms with Crippen molar-refractivity contribution in [3.63, 3.8) is 0 Å². The van der Waals surface area contributed by atoms with Crippen LogP contribution in [0.5, 0.6) is 11.5 Å². The Morgan fingerprint density at radius 1 is 1.19 bits per heavy atom. The summed E-state index contributed by atoms with van der Waals surface area (Å²) in [5.74, 6) is -0.155. The average molecular weight is 285 g/mol. The van der Waals surface area contributed by atoms with Gasteiger partial charge in [0, 0.05) is 5.69 Å². The summed E-state index contributed by atoms with van der Waals surface area (Å²) in [6.07, 6.45) is 3.35. The number of aryl methyl sites for hydroxylation is 1. The zero-order valence-corrected chi connectivity index (χ0v) is 12.0. The molecule has 0 atom stereocenters. The van der Waals surface area contributed by atoms with Crippen molar-refractivity contribution in [3.05, 3.63) is 53.6 Å². The van der Waals surface area contributed by atoms with Gasteiger partial charge in [-0.05, 0) is 48.7 Å². The summed E-state index contributed by atoms with van der Waals surface area (Å²) < 4.78 is 5.65. The normalized spacial score (nSPS) is 10.3. The highest BCUT2D eigenvalue weighted by Crippen LogP contribution is 2.27. The Labute approximate surface area is 124 Å². The quantitative estimate of drug-likeness (QED) is 0.784. The molecule has 4 nitrogen and oxygen atoms in total. The number of hydrogen-bond acceptors (Lipinski definition) is 3. The summed E-state index contributed by atoms with van der Waals surface area (Å²) in [6.45, 7) is 2.16. The fraction of sp³-hybridized carbons (Fsp3) is 0.235. The van der Waals surface area contributed by atoms with E-state index in [0.29, 0.717) is 11.4 Å². The molecule has 0 aliphatic heterocycles. The van der Waals surface area contributed by atoms with Crippen molar-refractivity contribution in [2.75, 3.05) is 5.73 Å². The van der Waals surface area contributed by atoms with E-state index < -0.39 is 5.97 Å². The van der Waals surface area contributed by atoms with Crippen molar-refractivity contribution >= 4 is 11.7 Å². The van der Waals surface area contributed by atoms with E-state index >= 15 is 0 Å². The second kappa shape index (κ2) is 6.79. The van der Waals surface area contributed by atoms with Crippen LogP contribution < -0.4 is 10.5 Å². The molecule has 2 aromatic carbocycles. The van der Waals surface area contributed by atoms with E-state index in [0.717, 1.165) is 19.3 Å². The van der Waals surface area contributed by atoms with Crippen LogP contribution in [0.15, 0.2) is 42.5 Å². The van der Waals surface area contributed by atoms with Crippen molar-refractivity contribution in [1.82, 2.24) is 0 Å². The first-order chi connectivity index (χ1) is 10.1. The Morgan fingerprint density at radius 2 is 1.90 bits per heavy atom. The van der Waals surface area contributed by atoms with Crippen LogP contribution in [0.4, 0.5) is 5.69 Å². The van der Waals surface area contributed by atoms with Crippen LogP contribution in [0.1, 0.15) is 35.7 Å². The summed E-state index contributed by atoms with van der Waals surface area (Å²) in [6, 6.07) is 12.3. The van der Waals surface area contributed by atoms with Crippen LogP contribution in [0, 0.1) is 0 Å². The number of hydrogen-bond donors (Lipinski definition) is 2. The van der Waals surface area contributed by atoms with Crippen molar-refractivity contribution in [2.45, 2.75) is 26.2 Å². The third kappa shape index (κ3) is 3.99. The molecule has 2 rings (SSSR count). The zero-order valence-electron chi connectivity index (χ0n) is 12.0. The zero-order chi connectivity index (χ0) is 15.2. The maximum absolute atomic E-state index is 11.2. The van der Waals surface area contributed by atoms with E-state index in [1.54, 1.807) is 12.1 Å². The SMILES string of the molecule is CCCCc1ccc(Oc2ccc(N)cc2C(=O)O)cc1. The Kier molecular flexibility index (Phi) is 4.82. The van der Waals surface area contributed by atoms with Crippen molar-refractivity contribution in [2.24, 2.45) is 0 Å². The average Bonchev–Trinajstić information content (AvgIpc) is 2.48. The lowest BCUT2D eigenvalue weighted by molar-refractivity contribution is 0.0694. The van der Waals surface area contributed by atoms with Gasteiger partial charge >= 0.3 is 5.97 Å². The Bertz CT molecular complexity index is 620. The van der Waals surface area contributed by atoms with Crippen LogP contribution in [-0.2, 0) is 6.42 Å². The van der Waals surface area contributed by atoms with E-state index in [1.807, 2.05) is 24.3 Å². The highest BCUT2D eigenvalue weighted by molar-refractivity contribution is 5.92. The first-order valence-corrected chi connectivity index (χ1v) is 6.99. The van der Waals surface area contributed by atoms with E-state index in [1.165, 1.54) is 11.6 Å². The maximum atomic E-state index is 11.2. The molecule has 0 aliphatic rings. The Hall–Kier alpha value is -2.49. The van der Waals surface area contributed by atoms with Crippen LogP contribution in [-0.4, -0.2) is 11.1 Å². The number of nitrogen functional groups attached to an aromatic ring is 1. The van der Waals surface area contributed by atoms with Gasteiger partial charge in [-0.15, -0.1) is 0 Å². The maximum Gasteiger partial charge on any atom is 0.339 e. The lowest BCUT2D eigenvalue weighted by Gasteiger charge is -2.10. The van der Waals surface area contributed by atoms with Crippen LogP contribution in [0.3, 0.4) is 0 Å². The van der Waals surface area contributed by atoms with E-state index in [9.17, 15) is 9.90 Å². The molecule has 2 aromatic rings. The minimum absolute atomic E-state index is 0.0602. The van der Waals surface area contributed by atoms with Crippen molar-refractivity contribution in [1.29, 1.82) is 0 Å². The standard InChI is InChI=1S/C17H19NO3/c1-2-3-4-12-5-8-14(9-6-12)21-16-10-7-13(18)11-15(16)17(19)20/h5-11H,2-4,18H2,1H3,(H,19,20). The molecule has 0 saturated heterocycles. The molecule has 0 unspecified atom stereocenters. The third-order valence-electron chi connectivity index (χ3n) is 3.20. The van der Waals surface area contributed by atoms with Gasteiger partial charge in [-0.3, -0.25) is 0 Å². The highest BCUT2D eigenvalue weighted by Gasteiger charge is 2.12. The smallest absolute Gasteiger partial charge is 0.339 e. The van der Waals surface area contributed by atoms with Gasteiger partial charge < -0.3 is 15.6 Å². The molecule has 0 fully saturated rings. The summed E-state index contributed by atoms with van der Waals surface area (Å²) >= 11 is 0.